The number of rotatable bonds is 5. The average molecular weight is 222 g/mol. The lowest BCUT2D eigenvalue weighted by molar-refractivity contribution is -0.167. The minimum atomic E-state index is -1.26. The summed E-state index contributed by atoms with van der Waals surface area (Å²) in [5.41, 5.74) is 0. The van der Waals surface area contributed by atoms with Gasteiger partial charge in [-0.2, -0.15) is 0 Å². The molecule has 0 heterocycles. The zero-order chi connectivity index (χ0) is 11.7. The Bertz CT molecular complexity index is 250. The first-order chi connectivity index (χ1) is 7.11. The first-order valence-corrected chi connectivity index (χ1v) is 4.36. The number of carbonyl (C=O) groups is 2. The maximum atomic E-state index is 12.7. The van der Waals surface area contributed by atoms with E-state index in [0.29, 0.717) is 0 Å². The van der Waals surface area contributed by atoms with Crippen LogP contribution in [0.5, 0.6) is 0 Å². The number of allylic oxidation sites excluding steroid dienone is 1. The van der Waals surface area contributed by atoms with Crippen molar-refractivity contribution in [2.75, 3.05) is 19.9 Å². The molecule has 0 fully saturated rings. The second kappa shape index (κ2) is 7.90. The molecular formula is C9H12F2O4. The fourth-order valence-corrected chi connectivity index (χ4v) is 0.654. The molecule has 15 heavy (non-hydrogen) atoms. The average Bonchev–Trinajstić information content (AvgIpc) is 2.23. The Balaban J connectivity index is 3.84. The second-order valence-corrected chi connectivity index (χ2v) is 2.43. The third kappa shape index (κ3) is 6.59. The van der Waals surface area contributed by atoms with Crippen LogP contribution in [0.15, 0.2) is 11.9 Å². The van der Waals surface area contributed by atoms with Crippen LogP contribution in [-0.2, 0) is 19.1 Å². The molecule has 0 aliphatic rings. The van der Waals surface area contributed by atoms with Gasteiger partial charge in [0.1, 0.15) is 12.4 Å². The fourth-order valence-electron chi connectivity index (χ4n) is 0.654. The van der Waals surface area contributed by atoms with E-state index in [-0.39, 0.29) is 13.0 Å². The predicted molar refractivity (Wildman–Crippen MR) is 47.4 cm³/mol. The van der Waals surface area contributed by atoms with Crippen LogP contribution in [0, 0.1) is 0 Å². The highest BCUT2D eigenvalue weighted by Crippen LogP contribution is 2.00. The molecular weight excluding hydrogens is 210 g/mol. The van der Waals surface area contributed by atoms with Gasteiger partial charge in [0.25, 0.3) is 0 Å². The molecule has 0 aliphatic heterocycles. The molecule has 4 nitrogen and oxygen atoms in total. The number of hydrogen-bond acceptors (Lipinski definition) is 4. The fraction of sp³-hybridized carbons (Fsp3) is 0.556. The maximum Gasteiger partial charge on any atom is 0.417 e. The molecule has 0 aromatic carbocycles. The van der Waals surface area contributed by atoms with Crippen molar-refractivity contribution in [1.82, 2.24) is 0 Å². The van der Waals surface area contributed by atoms with Crippen LogP contribution in [0.25, 0.3) is 0 Å². The van der Waals surface area contributed by atoms with Crippen LogP contribution in [0.2, 0.25) is 0 Å². The Labute approximate surface area is 85.9 Å². The molecule has 6 heteroatoms. The summed E-state index contributed by atoms with van der Waals surface area (Å²) in [6.07, 6.45) is 0.848. The van der Waals surface area contributed by atoms with E-state index < -0.39 is 31.0 Å². The lowest BCUT2D eigenvalue weighted by Crippen LogP contribution is -2.20. The van der Waals surface area contributed by atoms with Gasteiger partial charge in [-0.3, -0.25) is 4.39 Å². The van der Waals surface area contributed by atoms with Gasteiger partial charge in [0.2, 0.25) is 0 Å². The van der Waals surface area contributed by atoms with Crippen molar-refractivity contribution < 1.29 is 27.8 Å². The van der Waals surface area contributed by atoms with E-state index in [9.17, 15) is 18.4 Å². The second-order valence-electron chi connectivity index (χ2n) is 2.43. The van der Waals surface area contributed by atoms with Crippen molar-refractivity contribution in [3.8, 4) is 0 Å². The zero-order valence-electron chi connectivity index (χ0n) is 8.29. The van der Waals surface area contributed by atoms with Gasteiger partial charge in [0.15, 0.2) is 0 Å². The topological polar surface area (TPSA) is 52.6 Å². The number of ether oxygens (including phenoxy) is 2. The molecule has 0 saturated carbocycles. The molecule has 0 atom stereocenters. The highest BCUT2D eigenvalue weighted by molar-refractivity contribution is 6.29. The first kappa shape index (κ1) is 13.5. The van der Waals surface area contributed by atoms with Gasteiger partial charge in [0.05, 0.1) is 13.3 Å². The normalized spacial score (nSPS) is 11.0. The number of hydrogen-bond donors (Lipinski definition) is 0. The molecule has 0 amide bonds. The van der Waals surface area contributed by atoms with Gasteiger partial charge in [-0.05, 0) is 19.4 Å². The summed E-state index contributed by atoms with van der Waals surface area (Å²) in [5.74, 6) is -3.23. The van der Waals surface area contributed by atoms with Crippen LogP contribution < -0.4 is 0 Å². The van der Waals surface area contributed by atoms with E-state index in [1.54, 1.807) is 0 Å². The summed E-state index contributed by atoms with van der Waals surface area (Å²) < 4.78 is 32.8. The van der Waals surface area contributed by atoms with E-state index in [4.69, 9.17) is 0 Å². The van der Waals surface area contributed by atoms with Crippen LogP contribution >= 0.6 is 0 Å². The summed E-state index contributed by atoms with van der Waals surface area (Å²) in [6.45, 7) is 0.178. The zero-order valence-corrected chi connectivity index (χ0v) is 8.29. The minimum absolute atomic E-state index is 0.0358. The summed E-state index contributed by atoms with van der Waals surface area (Å²) >= 11 is 0. The van der Waals surface area contributed by atoms with E-state index >= 15 is 0 Å². The highest BCUT2D eigenvalue weighted by atomic mass is 19.1. The van der Waals surface area contributed by atoms with Crippen LogP contribution in [0.1, 0.15) is 13.3 Å². The Morgan fingerprint density at radius 2 is 1.87 bits per heavy atom. The van der Waals surface area contributed by atoms with Gasteiger partial charge in [0, 0.05) is 0 Å². The van der Waals surface area contributed by atoms with Crippen molar-refractivity contribution in [2.45, 2.75) is 13.3 Å². The van der Waals surface area contributed by atoms with Gasteiger partial charge in [-0.1, -0.05) is 0 Å². The molecule has 0 saturated heterocycles. The third-order valence-corrected chi connectivity index (χ3v) is 1.26. The van der Waals surface area contributed by atoms with Gasteiger partial charge < -0.3 is 9.47 Å². The number of halogens is 2. The van der Waals surface area contributed by atoms with E-state index in [0.717, 1.165) is 6.08 Å². The smallest absolute Gasteiger partial charge is 0.417 e. The van der Waals surface area contributed by atoms with Crippen molar-refractivity contribution in [1.29, 1.82) is 0 Å². The molecule has 86 valence electrons. The Hall–Kier alpha value is -1.46. The third-order valence-electron chi connectivity index (χ3n) is 1.26. The van der Waals surface area contributed by atoms with E-state index in [1.165, 1.54) is 6.92 Å². The predicted octanol–water partition coefficient (Wildman–Crippen LogP) is 1.31. The molecule has 0 bridgehead atoms. The lowest BCUT2D eigenvalue weighted by atomic mass is 10.4. The molecule has 0 aliphatic carbocycles. The van der Waals surface area contributed by atoms with Gasteiger partial charge in [-0.15, -0.1) is 0 Å². The summed E-state index contributed by atoms with van der Waals surface area (Å²) in [4.78, 5) is 21.4. The first-order valence-electron chi connectivity index (χ1n) is 4.36. The molecule has 0 radical (unpaired) electrons. The summed E-state index contributed by atoms with van der Waals surface area (Å²) in [5, 5.41) is 0. The minimum Gasteiger partial charge on any atom is -0.458 e. The lowest BCUT2D eigenvalue weighted by Gasteiger charge is -2.02. The van der Waals surface area contributed by atoms with Crippen LogP contribution in [-0.4, -0.2) is 31.8 Å². The largest absolute Gasteiger partial charge is 0.458 e. The number of carbonyl (C=O) groups excluding carboxylic acids is 2. The van der Waals surface area contributed by atoms with Crippen molar-refractivity contribution in [3.05, 3.63) is 11.9 Å². The molecule has 0 spiro atoms. The number of esters is 2. The number of alkyl halides is 1. The Morgan fingerprint density at radius 3 is 2.40 bits per heavy atom. The molecule has 0 N–H and O–H groups in total. The SMILES string of the molecule is CCOC(=O)C(=O)OC/C(F)=C/CCF. The van der Waals surface area contributed by atoms with E-state index in [2.05, 4.69) is 9.47 Å². The van der Waals surface area contributed by atoms with Crippen molar-refractivity contribution >= 4 is 11.9 Å². The van der Waals surface area contributed by atoms with Gasteiger partial charge >= 0.3 is 11.9 Å². The molecule has 0 rings (SSSR count). The van der Waals surface area contributed by atoms with Crippen molar-refractivity contribution in [3.63, 3.8) is 0 Å². The van der Waals surface area contributed by atoms with Crippen LogP contribution in [0.3, 0.4) is 0 Å². The Kier molecular flexibility index (Phi) is 7.13. The Morgan fingerprint density at radius 1 is 1.27 bits per heavy atom. The quantitative estimate of drug-likeness (QED) is 0.519. The molecule has 0 aromatic rings. The van der Waals surface area contributed by atoms with Gasteiger partial charge in [-0.25, -0.2) is 14.0 Å². The summed E-state index contributed by atoms with van der Waals surface area (Å²) in [6, 6.07) is 0. The maximum absolute atomic E-state index is 12.7. The highest BCUT2D eigenvalue weighted by Gasteiger charge is 2.16. The standard InChI is InChI=1S/C9H12F2O4/c1-2-14-8(12)9(13)15-6-7(11)4-3-5-10/h4H,2-3,5-6H2,1H3/b7-4-. The molecule has 0 aromatic heterocycles. The molecule has 0 unspecified atom stereocenters. The summed E-state index contributed by atoms with van der Waals surface area (Å²) in [7, 11) is 0. The van der Waals surface area contributed by atoms with Crippen molar-refractivity contribution in [2.24, 2.45) is 0 Å². The van der Waals surface area contributed by atoms with Crippen LogP contribution in [0.4, 0.5) is 8.78 Å². The monoisotopic (exact) mass is 222 g/mol. The van der Waals surface area contributed by atoms with E-state index in [1.807, 2.05) is 0 Å².